The minimum atomic E-state index is -0.197. The van der Waals surface area contributed by atoms with Gasteiger partial charge in [-0.3, -0.25) is 4.79 Å². The molecule has 5 nitrogen and oxygen atoms in total. The lowest BCUT2D eigenvalue weighted by Gasteiger charge is -2.10. The lowest BCUT2D eigenvalue weighted by molar-refractivity contribution is 0.0948. The van der Waals surface area contributed by atoms with Crippen molar-refractivity contribution in [2.75, 3.05) is 14.2 Å². The van der Waals surface area contributed by atoms with Crippen LogP contribution >= 0.6 is 11.3 Å². The average molecular weight is 292 g/mol. The zero-order valence-corrected chi connectivity index (χ0v) is 12.4. The number of hydrogen-bond donors (Lipinski definition) is 1. The highest BCUT2D eigenvalue weighted by Gasteiger charge is 2.13. The van der Waals surface area contributed by atoms with Gasteiger partial charge in [-0.05, 0) is 19.1 Å². The van der Waals surface area contributed by atoms with Gasteiger partial charge in [-0.25, -0.2) is 4.98 Å². The molecule has 20 heavy (non-hydrogen) atoms. The number of carbonyl (C=O) groups excluding carboxylic acids is 1. The van der Waals surface area contributed by atoms with Crippen LogP contribution in [0.3, 0.4) is 0 Å². The largest absolute Gasteiger partial charge is 0.497 e. The molecule has 0 radical (unpaired) electrons. The molecule has 0 aliphatic carbocycles. The van der Waals surface area contributed by atoms with Crippen molar-refractivity contribution >= 4 is 17.2 Å². The molecule has 1 aromatic heterocycles. The molecule has 1 heterocycles. The average Bonchev–Trinajstić information content (AvgIpc) is 2.89. The summed E-state index contributed by atoms with van der Waals surface area (Å²) in [7, 11) is 3.09. The first-order chi connectivity index (χ1) is 9.63. The highest BCUT2D eigenvalue weighted by atomic mass is 32.1. The molecule has 6 heteroatoms. The summed E-state index contributed by atoms with van der Waals surface area (Å²) in [6.45, 7) is 2.33. The molecule has 1 amide bonds. The first-order valence-corrected chi connectivity index (χ1v) is 6.93. The third-order valence-electron chi connectivity index (χ3n) is 2.72. The molecule has 0 atom stereocenters. The van der Waals surface area contributed by atoms with E-state index in [-0.39, 0.29) is 5.91 Å². The molecule has 0 aliphatic rings. The highest BCUT2D eigenvalue weighted by Crippen LogP contribution is 2.24. The minimum absolute atomic E-state index is 0.197. The van der Waals surface area contributed by atoms with E-state index in [1.165, 1.54) is 18.4 Å². The Labute approximate surface area is 121 Å². The zero-order valence-electron chi connectivity index (χ0n) is 11.6. The summed E-state index contributed by atoms with van der Waals surface area (Å²) in [6, 6.07) is 5.09. The number of benzene rings is 1. The Bertz CT molecular complexity index is 610. The topological polar surface area (TPSA) is 60.5 Å². The summed E-state index contributed by atoms with van der Waals surface area (Å²) < 4.78 is 10.3. The van der Waals surface area contributed by atoms with Gasteiger partial charge in [-0.1, -0.05) is 0 Å². The smallest absolute Gasteiger partial charge is 0.255 e. The monoisotopic (exact) mass is 292 g/mol. The number of nitrogens with zero attached hydrogens (tertiary/aromatic N) is 1. The van der Waals surface area contributed by atoms with Gasteiger partial charge in [-0.15, -0.1) is 11.3 Å². The fraction of sp³-hybridized carbons (Fsp3) is 0.286. The van der Waals surface area contributed by atoms with E-state index in [1.54, 1.807) is 25.3 Å². The third-order valence-corrected chi connectivity index (χ3v) is 3.69. The van der Waals surface area contributed by atoms with Crippen molar-refractivity contribution in [1.82, 2.24) is 10.3 Å². The molecule has 2 aromatic rings. The van der Waals surface area contributed by atoms with E-state index in [0.29, 0.717) is 23.6 Å². The summed E-state index contributed by atoms with van der Waals surface area (Å²) in [4.78, 5) is 16.4. The van der Waals surface area contributed by atoms with Crippen LogP contribution in [0.1, 0.15) is 21.1 Å². The van der Waals surface area contributed by atoms with Gasteiger partial charge in [0.15, 0.2) is 0 Å². The van der Waals surface area contributed by atoms with Crippen molar-refractivity contribution in [3.05, 3.63) is 39.8 Å². The summed E-state index contributed by atoms with van der Waals surface area (Å²) in [5.74, 6) is 0.934. The van der Waals surface area contributed by atoms with Crippen LogP contribution in [-0.2, 0) is 6.54 Å². The van der Waals surface area contributed by atoms with Gasteiger partial charge in [0.2, 0.25) is 0 Å². The third kappa shape index (κ3) is 3.27. The Kier molecular flexibility index (Phi) is 4.57. The Balaban J connectivity index is 2.08. The number of rotatable bonds is 5. The second kappa shape index (κ2) is 6.38. The molecule has 1 aromatic carbocycles. The highest BCUT2D eigenvalue weighted by molar-refractivity contribution is 7.09. The van der Waals surface area contributed by atoms with E-state index >= 15 is 0 Å². The Morgan fingerprint density at radius 1 is 1.35 bits per heavy atom. The van der Waals surface area contributed by atoms with Crippen LogP contribution in [0.5, 0.6) is 11.5 Å². The van der Waals surface area contributed by atoms with E-state index in [9.17, 15) is 4.79 Å². The van der Waals surface area contributed by atoms with Gasteiger partial charge < -0.3 is 14.8 Å². The van der Waals surface area contributed by atoms with E-state index in [2.05, 4.69) is 10.3 Å². The number of thiazole rings is 1. The Hall–Kier alpha value is -2.08. The number of nitrogens with one attached hydrogen (secondary N) is 1. The number of amides is 1. The second-order valence-electron chi connectivity index (χ2n) is 4.13. The fourth-order valence-corrected chi connectivity index (χ4v) is 2.43. The van der Waals surface area contributed by atoms with Crippen LogP contribution in [0.4, 0.5) is 0 Å². The van der Waals surface area contributed by atoms with Crippen LogP contribution in [0, 0.1) is 6.92 Å². The van der Waals surface area contributed by atoms with Crippen LogP contribution in [0.25, 0.3) is 0 Å². The summed E-state index contributed by atoms with van der Waals surface area (Å²) in [5.41, 5.74) is 1.43. The van der Waals surface area contributed by atoms with Gasteiger partial charge in [0.05, 0.1) is 26.3 Å². The molecule has 0 bridgehead atoms. The number of methoxy groups -OCH3 is 2. The molecular formula is C14H16N2O3S. The van der Waals surface area contributed by atoms with E-state index < -0.39 is 0 Å². The van der Waals surface area contributed by atoms with Crippen LogP contribution in [0.2, 0.25) is 0 Å². The van der Waals surface area contributed by atoms with Crippen LogP contribution in [-0.4, -0.2) is 25.1 Å². The second-order valence-corrected chi connectivity index (χ2v) is 5.07. The van der Waals surface area contributed by atoms with Crippen molar-refractivity contribution in [3.8, 4) is 11.5 Å². The zero-order chi connectivity index (χ0) is 14.5. The standard InChI is InChI=1S/C14H16N2O3S/c1-9-8-20-13(16-9)7-15-14(17)11-5-4-10(18-2)6-12(11)19-3/h4-6,8H,7H2,1-3H3,(H,15,17). The summed E-state index contributed by atoms with van der Waals surface area (Å²) >= 11 is 1.53. The predicted octanol–water partition coefficient (Wildman–Crippen LogP) is 2.40. The van der Waals surface area contributed by atoms with Crippen LogP contribution in [0.15, 0.2) is 23.6 Å². The summed E-state index contributed by atoms with van der Waals surface area (Å²) in [5, 5.41) is 5.66. The van der Waals surface area contributed by atoms with Gasteiger partial charge in [0.25, 0.3) is 5.91 Å². The maximum absolute atomic E-state index is 12.1. The van der Waals surface area contributed by atoms with E-state index in [4.69, 9.17) is 9.47 Å². The maximum atomic E-state index is 12.1. The number of hydrogen-bond acceptors (Lipinski definition) is 5. The lowest BCUT2D eigenvalue weighted by atomic mass is 10.1. The van der Waals surface area contributed by atoms with E-state index in [1.807, 2.05) is 12.3 Å². The van der Waals surface area contributed by atoms with Crippen LogP contribution < -0.4 is 14.8 Å². The molecule has 106 valence electrons. The van der Waals surface area contributed by atoms with Crippen molar-refractivity contribution in [2.24, 2.45) is 0 Å². The molecule has 0 unspecified atom stereocenters. The molecular weight excluding hydrogens is 276 g/mol. The molecule has 0 saturated heterocycles. The van der Waals surface area contributed by atoms with Crippen molar-refractivity contribution in [2.45, 2.75) is 13.5 Å². The normalized spacial score (nSPS) is 10.2. The SMILES string of the molecule is COc1ccc(C(=O)NCc2nc(C)cs2)c(OC)c1. The van der Waals surface area contributed by atoms with Crippen molar-refractivity contribution < 1.29 is 14.3 Å². The molecule has 0 saturated carbocycles. The quantitative estimate of drug-likeness (QED) is 0.919. The molecule has 1 N–H and O–H groups in total. The van der Waals surface area contributed by atoms with Gasteiger partial charge >= 0.3 is 0 Å². The Morgan fingerprint density at radius 2 is 2.15 bits per heavy atom. The molecule has 2 rings (SSSR count). The fourth-order valence-electron chi connectivity index (χ4n) is 1.72. The van der Waals surface area contributed by atoms with Gasteiger partial charge in [-0.2, -0.15) is 0 Å². The number of aromatic nitrogens is 1. The molecule has 0 spiro atoms. The number of ether oxygens (including phenoxy) is 2. The van der Waals surface area contributed by atoms with Gasteiger partial charge in [0, 0.05) is 17.1 Å². The number of carbonyl (C=O) groups is 1. The predicted molar refractivity (Wildman–Crippen MR) is 77.6 cm³/mol. The van der Waals surface area contributed by atoms with E-state index in [0.717, 1.165) is 10.7 Å². The molecule has 0 fully saturated rings. The first kappa shape index (κ1) is 14.3. The molecule has 0 aliphatic heterocycles. The lowest BCUT2D eigenvalue weighted by Crippen LogP contribution is -2.23. The maximum Gasteiger partial charge on any atom is 0.255 e. The summed E-state index contributed by atoms with van der Waals surface area (Å²) in [6.07, 6.45) is 0. The van der Waals surface area contributed by atoms with Gasteiger partial charge in [0.1, 0.15) is 16.5 Å². The first-order valence-electron chi connectivity index (χ1n) is 6.05. The Morgan fingerprint density at radius 3 is 2.75 bits per heavy atom. The van der Waals surface area contributed by atoms with Crippen molar-refractivity contribution in [1.29, 1.82) is 0 Å². The van der Waals surface area contributed by atoms with Crippen molar-refractivity contribution in [3.63, 3.8) is 0 Å². The number of aryl methyl sites for hydroxylation is 1. The minimum Gasteiger partial charge on any atom is -0.497 e.